The zero-order valence-corrected chi connectivity index (χ0v) is 25.7. The molecule has 2 aromatic rings. The number of ether oxygens (including phenoxy) is 8. The number of allylic oxidation sites excluding steroid dienone is 1. The van der Waals surface area contributed by atoms with Gasteiger partial charge < -0.3 is 47.9 Å². The molecule has 4 aliphatic rings. The second-order valence-corrected chi connectivity index (χ2v) is 11.3. The van der Waals surface area contributed by atoms with Crippen LogP contribution < -0.4 is 18.9 Å². The maximum atomic E-state index is 13.9. The molecular formula is C33H42N2O10. The van der Waals surface area contributed by atoms with Gasteiger partial charge in [-0.25, -0.2) is 0 Å². The molecule has 0 bridgehead atoms. The smallest absolute Gasteiger partial charge is 0.288 e. The highest BCUT2D eigenvalue weighted by molar-refractivity contribution is 5.92. The first kappa shape index (κ1) is 31.4. The van der Waals surface area contributed by atoms with E-state index in [0.717, 1.165) is 42.3 Å². The van der Waals surface area contributed by atoms with Crippen molar-refractivity contribution in [3.05, 3.63) is 59.4 Å². The molecule has 0 radical (unpaired) electrons. The first-order valence-electron chi connectivity index (χ1n) is 15.7. The highest BCUT2D eigenvalue weighted by Gasteiger charge is 2.40. The summed E-state index contributed by atoms with van der Waals surface area (Å²) in [6.07, 6.45) is 1.94. The number of carbonyl (C=O) groups excluding carboxylic acids is 1. The van der Waals surface area contributed by atoms with E-state index in [1.807, 2.05) is 48.2 Å². The largest absolute Gasteiger partial charge is 0.459 e. The second kappa shape index (κ2) is 15.2. The predicted molar refractivity (Wildman–Crippen MR) is 161 cm³/mol. The summed E-state index contributed by atoms with van der Waals surface area (Å²) in [5.74, 6) is 2.82. The first-order valence-corrected chi connectivity index (χ1v) is 15.7. The Morgan fingerprint density at radius 1 is 0.867 bits per heavy atom. The molecular weight excluding hydrogens is 584 g/mol. The quantitative estimate of drug-likeness (QED) is 0.312. The van der Waals surface area contributed by atoms with Crippen molar-refractivity contribution >= 4 is 5.91 Å². The molecule has 6 rings (SSSR count). The van der Waals surface area contributed by atoms with Gasteiger partial charge in [0.25, 0.3) is 5.91 Å². The molecule has 0 aliphatic carbocycles. The van der Waals surface area contributed by atoms with E-state index >= 15 is 0 Å². The van der Waals surface area contributed by atoms with Crippen LogP contribution in [0.25, 0.3) is 0 Å². The number of piperazine rings is 1. The van der Waals surface area contributed by atoms with Crippen LogP contribution in [-0.2, 0) is 30.3 Å². The van der Waals surface area contributed by atoms with E-state index in [1.54, 1.807) is 0 Å². The lowest BCUT2D eigenvalue weighted by molar-refractivity contribution is -0.172. The molecule has 1 N–H and O–H groups in total. The molecule has 2 aromatic carbocycles. The first-order chi connectivity index (χ1) is 22.1. The lowest BCUT2D eigenvalue weighted by Crippen LogP contribution is -2.50. The number of aliphatic hydroxyl groups excluding tert-OH is 1. The Bertz CT molecular complexity index is 1330. The van der Waals surface area contributed by atoms with Gasteiger partial charge in [-0.3, -0.25) is 9.69 Å². The summed E-state index contributed by atoms with van der Waals surface area (Å²) in [5.41, 5.74) is 2.14. The summed E-state index contributed by atoms with van der Waals surface area (Å²) in [4.78, 5) is 18.1. The zero-order chi connectivity index (χ0) is 31.0. The van der Waals surface area contributed by atoms with Crippen molar-refractivity contribution < 1.29 is 47.8 Å². The topological polar surface area (TPSA) is 118 Å². The van der Waals surface area contributed by atoms with Gasteiger partial charge in [0.2, 0.25) is 19.9 Å². The van der Waals surface area contributed by atoms with Gasteiger partial charge in [0.1, 0.15) is 0 Å². The second-order valence-electron chi connectivity index (χ2n) is 11.3. The minimum Gasteiger partial charge on any atom is -0.459 e. The summed E-state index contributed by atoms with van der Waals surface area (Å²) in [5, 5.41) is 8.90. The number of rotatable bonds is 14. The fourth-order valence-electron chi connectivity index (χ4n) is 6.10. The molecule has 0 unspecified atom stereocenters. The highest BCUT2D eigenvalue weighted by atomic mass is 16.7. The third kappa shape index (κ3) is 7.64. The summed E-state index contributed by atoms with van der Waals surface area (Å²) < 4.78 is 45.7. The van der Waals surface area contributed by atoms with Crippen LogP contribution in [0.4, 0.5) is 0 Å². The molecule has 0 saturated carbocycles. The molecule has 4 aliphatic heterocycles. The molecule has 3 atom stereocenters. The van der Waals surface area contributed by atoms with E-state index in [1.165, 1.54) is 0 Å². The Hall–Kier alpha value is -3.55. The Kier molecular flexibility index (Phi) is 10.6. The number of aliphatic hydroxyl groups is 1. The molecule has 45 heavy (non-hydrogen) atoms. The molecule has 1 amide bonds. The molecule has 244 valence electrons. The van der Waals surface area contributed by atoms with Crippen molar-refractivity contribution in [2.45, 2.75) is 32.1 Å². The van der Waals surface area contributed by atoms with Crippen molar-refractivity contribution in [2.75, 3.05) is 79.4 Å². The maximum Gasteiger partial charge on any atom is 0.288 e. The number of carbonyl (C=O) groups is 1. The van der Waals surface area contributed by atoms with Crippen molar-refractivity contribution in [1.82, 2.24) is 9.80 Å². The molecule has 4 heterocycles. The normalized spacial score (nSPS) is 22.3. The van der Waals surface area contributed by atoms with Crippen molar-refractivity contribution in [2.24, 2.45) is 5.92 Å². The van der Waals surface area contributed by atoms with E-state index in [2.05, 4.69) is 11.0 Å². The Morgan fingerprint density at radius 3 is 2.29 bits per heavy atom. The average Bonchev–Trinajstić information content (AvgIpc) is 3.74. The molecule has 0 spiro atoms. The summed E-state index contributed by atoms with van der Waals surface area (Å²) in [6.45, 7) is 7.80. The van der Waals surface area contributed by atoms with Gasteiger partial charge in [-0.15, -0.1) is 0 Å². The molecule has 0 aromatic heterocycles. The van der Waals surface area contributed by atoms with Gasteiger partial charge in [-0.2, -0.15) is 0 Å². The van der Waals surface area contributed by atoms with Crippen molar-refractivity contribution in [1.29, 1.82) is 0 Å². The van der Waals surface area contributed by atoms with Crippen molar-refractivity contribution in [3.8, 4) is 23.0 Å². The third-order valence-electron chi connectivity index (χ3n) is 8.41. The lowest BCUT2D eigenvalue weighted by atomic mass is 9.81. The molecule has 1 fully saturated rings. The molecule has 12 nitrogen and oxygen atoms in total. The van der Waals surface area contributed by atoms with Crippen LogP contribution in [-0.4, -0.2) is 107 Å². The summed E-state index contributed by atoms with van der Waals surface area (Å²) in [7, 11) is 0. The van der Waals surface area contributed by atoms with E-state index < -0.39 is 6.29 Å². The van der Waals surface area contributed by atoms with Gasteiger partial charge in [0.15, 0.2) is 28.8 Å². The lowest BCUT2D eigenvalue weighted by Gasteiger charge is -2.39. The zero-order valence-electron chi connectivity index (χ0n) is 25.7. The SMILES string of the molecule is CCO[C@H]1OC(C(=O)N2CCN(Cc3ccc4c(c3)OCO4)CC2)=C[C@@H](c2ccc3c(c2)OCO3)[C@H]1CCOCCOCCO. The predicted octanol–water partition coefficient (Wildman–Crippen LogP) is 2.88. The Balaban J connectivity index is 1.13. The fourth-order valence-corrected chi connectivity index (χ4v) is 6.10. The van der Waals surface area contributed by atoms with Crippen LogP contribution in [0.3, 0.4) is 0 Å². The van der Waals surface area contributed by atoms with Gasteiger partial charge >= 0.3 is 0 Å². The van der Waals surface area contributed by atoms with Gasteiger partial charge in [-0.05, 0) is 54.8 Å². The molecule has 12 heteroatoms. The number of nitrogens with zero attached hydrogens (tertiary/aromatic N) is 2. The van der Waals surface area contributed by atoms with E-state index in [-0.39, 0.29) is 44.5 Å². The Morgan fingerprint density at radius 2 is 1.56 bits per heavy atom. The minimum atomic E-state index is -0.629. The number of benzene rings is 2. The van der Waals surface area contributed by atoms with Crippen LogP contribution in [0, 0.1) is 5.92 Å². The standard InChI is InChI=1S/C33H42N2O10/c1-2-40-33-25(7-13-38-15-16-39-14-12-36)26(24-4-6-28-30(18-24)44-22-42-28)19-31(45-33)32(37)35-10-8-34(9-11-35)20-23-3-5-27-29(17-23)43-21-41-27/h3-6,17-19,25-26,33,36H,2,7-16,20-22H2,1H3/t25-,26+,33+/m1/s1. The van der Waals surface area contributed by atoms with Gasteiger partial charge in [-0.1, -0.05) is 12.1 Å². The van der Waals surface area contributed by atoms with E-state index in [4.69, 9.17) is 43.0 Å². The van der Waals surface area contributed by atoms with Gasteiger partial charge in [0.05, 0.1) is 26.4 Å². The number of fused-ring (bicyclic) bond motifs is 2. The highest BCUT2D eigenvalue weighted by Crippen LogP contribution is 2.43. The summed E-state index contributed by atoms with van der Waals surface area (Å²) >= 11 is 0. The summed E-state index contributed by atoms with van der Waals surface area (Å²) in [6, 6.07) is 11.9. The monoisotopic (exact) mass is 626 g/mol. The van der Waals surface area contributed by atoms with Crippen LogP contribution in [0.2, 0.25) is 0 Å². The fraction of sp³-hybridized carbons (Fsp3) is 0.545. The van der Waals surface area contributed by atoms with Crippen LogP contribution in [0.5, 0.6) is 23.0 Å². The molecule has 1 saturated heterocycles. The minimum absolute atomic E-state index is 0.0170. The Labute approximate surface area is 263 Å². The van der Waals surface area contributed by atoms with Crippen molar-refractivity contribution in [3.63, 3.8) is 0 Å². The maximum absolute atomic E-state index is 13.9. The number of amides is 1. The van der Waals surface area contributed by atoms with Crippen LogP contribution in [0.1, 0.15) is 30.4 Å². The third-order valence-corrected chi connectivity index (χ3v) is 8.41. The van der Waals surface area contributed by atoms with Gasteiger partial charge in [0, 0.05) is 57.8 Å². The average molecular weight is 627 g/mol. The van der Waals surface area contributed by atoms with E-state index in [9.17, 15) is 4.79 Å². The van der Waals surface area contributed by atoms with E-state index in [0.29, 0.717) is 63.2 Å². The van der Waals surface area contributed by atoms with Crippen LogP contribution >= 0.6 is 0 Å². The number of hydrogen-bond acceptors (Lipinski definition) is 11. The number of hydrogen-bond donors (Lipinski definition) is 1. The van der Waals surface area contributed by atoms with Crippen LogP contribution in [0.15, 0.2) is 48.2 Å².